The summed E-state index contributed by atoms with van der Waals surface area (Å²) < 4.78 is 5.08. The number of carbonyl (C=O) groups is 1. The second kappa shape index (κ2) is 9.03. The summed E-state index contributed by atoms with van der Waals surface area (Å²) in [6.45, 7) is 9.27. The average Bonchev–Trinajstić information content (AvgIpc) is 2.37. The molecule has 3 nitrogen and oxygen atoms in total. The minimum atomic E-state index is -0.212. The number of hydrogen-bond donors (Lipinski definition) is 1. The lowest BCUT2D eigenvalue weighted by atomic mass is 10.1. The van der Waals surface area contributed by atoms with Gasteiger partial charge >= 0.3 is 5.97 Å². The molecule has 0 radical (unpaired) electrons. The normalized spacial score (nSPS) is 12.2. The maximum absolute atomic E-state index is 11.8. The number of hydrogen-bond acceptors (Lipinski definition) is 4. The van der Waals surface area contributed by atoms with Crippen molar-refractivity contribution < 1.29 is 9.53 Å². The van der Waals surface area contributed by atoms with E-state index >= 15 is 0 Å². The largest absolute Gasteiger partial charge is 0.465 e. The number of likely N-dealkylation sites (N-methyl/N-ethyl adjacent to an activating group) is 1. The van der Waals surface area contributed by atoms with Crippen molar-refractivity contribution in [1.82, 2.24) is 5.32 Å². The van der Waals surface area contributed by atoms with E-state index in [0.717, 1.165) is 18.1 Å². The Morgan fingerprint density at radius 1 is 1.25 bits per heavy atom. The molecule has 1 N–H and O–H groups in total. The first kappa shape index (κ1) is 17.1. The van der Waals surface area contributed by atoms with Crippen LogP contribution in [0.4, 0.5) is 0 Å². The second-order valence-electron chi connectivity index (χ2n) is 4.87. The van der Waals surface area contributed by atoms with Crippen molar-refractivity contribution in [2.45, 2.75) is 39.5 Å². The number of nitrogens with one attached hydrogen (secondary N) is 1. The molecule has 1 rings (SSSR count). The zero-order chi connectivity index (χ0) is 15.0. The predicted octanol–water partition coefficient (Wildman–Crippen LogP) is 3.08. The molecule has 0 spiro atoms. The van der Waals surface area contributed by atoms with Gasteiger partial charge < -0.3 is 10.1 Å². The highest BCUT2D eigenvalue weighted by Gasteiger charge is 2.18. The van der Waals surface area contributed by atoms with Gasteiger partial charge in [-0.3, -0.25) is 4.79 Å². The first-order valence-electron chi connectivity index (χ1n) is 7.11. The van der Waals surface area contributed by atoms with Gasteiger partial charge in [0, 0.05) is 11.5 Å². The fourth-order valence-corrected chi connectivity index (χ4v) is 3.16. The van der Waals surface area contributed by atoms with Crippen LogP contribution in [0, 0.1) is 13.8 Å². The molecular weight excluding hydrogens is 270 g/mol. The van der Waals surface area contributed by atoms with Gasteiger partial charge in [-0.25, -0.2) is 0 Å². The summed E-state index contributed by atoms with van der Waals surface area (Å²) in [7, 11) is 0. The van der Waals surface area contributed by atoms with Crippen LogP contribution in [0.1, 0.15) is 30.5 Å². The maximum atomic E-state index is 11.8. The molecule has 0 fully saturated rings. The molecule has 0 aromatic heterocycles. The zero-order valence-electron chi connectivity index (χ0n) is 12.9. The van der Waals surface area contributed by atoms with E-state index < -0.39 is 0 Å². The number of esters is 1. The van der Waals surface area contributed by atoms with Crippen LogP contribution < -0.4 is 5.32 Å². The van der Waals surface area contributed by atoms with Crippen LogP contribution >= 0.6 is 11.8 Å². The highest BCUT2D eigenvalue weighted by atomic mass is 32.2. The van der Waals surface area contributed by atoms with Crippen LogP contribution in [0.5, 0.6) is 0 Å². The minimum absolute atomic E-state index is 0.151. The number of benzene rings is 1. The Balaban J connectivity index is 2.49. The monoisotopic (exact) mass is 295 g/mol. The van der Waals surface area contributed by atoms with Gasteiger partial charge in [-0.1, -0.05) is 36.2 Å². The van der Waals surface area contributed by atoms with E-state index in [1.807, 2.05) is 13.8 Å². The van der Waals surface area contributed by atoms with E-state index in [-0.39, 0.29) is 12.0 Å². The van der Waals surface area contributed by atoms with Gasteiger partial charge in [-0.15, -0.1) is 0 Å². The van der Waals surface area contributed by atoms with Crippen LogP contribution in [0.25, 0.3) is 0 Å². The molecule has 0 heterocycles. The van der Waals surface area contributed by atoms with Crippen LogP contribution in [-0.2, 0) is 15.3 Å². The van der Waals surface area contributed by atoms with Crippen molar-refractivity contribution in [3.05, 3.63) is 34.9 Å². The fourth-order valence-electron chi connectivity index (χ4n) is 2.15. The summed E-state index contributed by atoms with van der Waals surface area (Å²) in [5.41, 5.74) is 3.88. The Morgan fingerprint density at radius 3 is 2.45 bits per heavy atom. The van der Waals surface area contributed by atoms with Crippen LogP contribution in [0.15, 0.2) is 18.2 Å². The Morgan fingerprint density at radius 2 is 1.90 bits per heavy atom. The SMILES string of the molecule is CCNC(CSCc1cc(C)cc(C)c1)C(=O)OCC. The minimum Gasteiger partial charge on any atom is -0.465 e. The number of rotatable bonds is 8. The van der Waals surface area contributed by atoms with Crippen molar-refractivity contribution in [2.24, 2.45) is 0 Å². The Hall–Kier alpha value is -1.00. The fraction of sp³-hybridized carbons (Fsp3) is 0.562. The predicted molar refractivity (Wildman–Crippen MR) is 86.2 cm³/mol. The third kappa shape index (κ3) is 5.97. The van der Waals surface area contributed by atoms with Gasteiger partial charge in [-0.2, -0.15) is 11.8 Å². The van der Waals surface area contributed by atoms with Crippen molar-refractivity contribution >= 4 is 17.7 Å². The molecule has 0 bridgehead atoms. The number of thioether (sulfide) groups is 1. The van der Waals surface area contributed by atoms with Gasteiger partial charge in [-0.05, 0) is 32.9 Å². The van der Waals surface area contributed by atoms with E-state index in [1.54, 1.807) is 11.8 Å². The lowest BCUT2D eigenvalue weighted by molar-refractivity contribution is -0.144. The molecule has 1 atom stereocenters. The van der Waals surface area contributed by atoms with Crippen LogP contribution in [0.3, 0.4) is 0 Å². The van der Waals surface area contributed by atoms with Gasteiger partial charge in [0.05, 0.1) is 6.61 Å². The molecule has 0 aliphatic rings. The molecular formula is C16H25NO2S. The van der Waals surface area contributed by atoms with Crippen molar-refractivity contribution in [3.63, 3.8) is 0 Å². The zero-order valence-corrected chi connectivity index (χ0v) is 13.7. The van der Waals surface area contributed by atoms with Gasteiger partial charge in [0.2, 0.25) is 0 Å². The summed E-state index contributed by atoms with van der Waals surface area (Å²) in [5.74, 6) is 1.51. The van der Waals surface area contributed by atoms with Gasteiger partial charge in [0.25, 0.3) is 0 Å². The summed E-state index contributed by atoms with van der Waals surface area (Å²) in [6.07, 6.45) is 0. The molecule has 4 heteroatoms. The summed E-state index contributed by atoms with van der Waals surface area (Å²) in [4.78, 5) is 11.8. The summed E-state index contributed by atoms with van der Waals surface area (Å²) >= 11 is 1.76. The van der Waals surface area contributed by atoms with E-state index in [4.69, 9.17) is 4.74 Å². The first-order chi connectivity index (χ1) is 9.56. The van der Waals surface area contributed by atoms with Crippen molar-refractivity contribution in [3.8, 4) is 0 Å². The lowest BCUT2D eigenvalue weighted by Crippen LogP contribution is -2.40. The van der Waals surface area contributed by atoms with Crippen LogP contribution in [0.2, 0.25) is 0 Å². The Kier molecular flexibility index (Phi) is 7.70. The molecule has 1 aromatic rings. The van der Waals surface area contributed by atoms with E-state index in [9.17, 15) is 4.79 Å². The van der Waals surface area contributed by atoms with Crippen LogP contribution in [-0.4, -0.2) is 30.9 Å². The second-order valence-corrected chi connectivity index (χ2v) is 5.90. The molecule has 1 aromatic carbocycles. The molecule has 0 aliphatic carbocycles. The quantitative estimate of drug-likeness (QED) is 0.748. The Labute approximate surface area is 126 Å². The first-order valence-corrected chi connectivity index (χ1v) is 8.27. The molecule has 0 saturated heterocycles. The maximum Gasteiger partial charge on any atom is 0.323 e. The van der Waals surface area contributed by atoms with Crippen molar-refractivity contribution in [1.29, 1.82) is 0 Å². The third-order valence-electron chi connectivity index (χ3n) is 2.86. The topological polar surface area (TPSA) is 38.3 Å². The molecule has 0 saturated carbocycles. The highest BCUT2D eigenvalue weighted by molar-refractivity contribution is 7.98. The molecule has 1 unspecified atom stereocenters. The smallest absolute Gasteiger partial charge is 0.323 e. The number of ether oxygens (including phenoxy) is 1. The number of aryl methyl sites for hydroxylation is 2. The summed E-state index contributed by atoms with van der Waals surface area (Å²) in [6, 6.07) is 6.36. The standard InChI is InChI=1S/C16H25NO2S/c1-5-17-15(16(18)19-6-2)11-20-10-14-8-12(3)7-13(4)9-14/h7-9,15,17H,5-6,10-11H2,1-4H3. The molecule has 112 valence electrons. The van der Waals surface area contributed by atoms with Gasteiger partial charge in [0.15, 0.2) is 0 Å². The van der Waals surface area contributed by atoms with Crippen molar-refractivity contribution in [2.75, 3.05) is 18.9 Å². The van der Waals surface area contributed by atoms with E-state index in [1.165, 1.54) is 16.7 Å². The molecule has 0 amide bonds. The number of carbonyl (C=O) groups excluding carboxylic acids is 1. The average molecular weight is 295 g/mol. The van der Waals surface area contributed by atoms with Gasteiger partial charge in [0.1, 0.15) is 6.04 Å². The third-order valence-corrected chi connectivity index (χ3v) is 3.96. The Bertz CT molecular complexity index is 414. The summed E-state index contributed by atoms with van der Waals surface area (Å²) in [5, 5.41) is 3.18. The molecule has 20 heavy (non-hydrogen) atoms. The molecule has 0 aliphatic heterocycles. The lowest BCUT2D eigenvalue weighted by Gasteiger charge is -2.16. The van der Waals surface area contributed by atoms with E-state index in [0.29, 0.717) is 6.61 Å². The highest BCUT2D eigenvalue weighted by Crippen LogP contribution is 2.17. The van der Waals surface area contributed by atoms with E-state index in [2.05, 4.69) is 37.4 Å².